The molecular formula is C44H64ClNO5. The standard InChI is InChI=1S/C44H64ClNO5/c1-27(2)36-31(47)24-44(22-23-46-26-28-12-10-11-13-30(28)45)21-20-42(8)29(37(36)44)14-15-33-41(7)18-17-34(51-35(48)25-39(3,4)38(49)50)40(5,6)32(41)16-19-43(33,42)9/h10-13,27,29,32-34,46H,14-26H2,1-9H3,(H,49,50)/t29-,32?,33?,34+,41+,42-,43-,44-/m1/s1. The summed E-state index contributed by atoms with van der Waals surface area (Å²) in [5.41, 5.74) is 2.74. The number of allylic oxidation sites excluding steroid dienone is 2. The molecule has 0 saturated heterocycles. The monoisotopic (exact) mass is 721 g/mol. The smallest absolute Gasteiger partial charge is 0.309 e. The van der Waals surface area contributed by atoms with E-state index in [1.165, 1.54) is 12.0 Å². The van der Waals surface area contributed by atoms with Crippen LogP contribution in [0.4, 0.5) is 0 Å². The summed E-state index contributed by atoms with van der Waals surface area (Å²) < 4.78 is 6.18. The van der Waals surface area contributed by atoms with Crippen molar-refractivity contribution in [3.05, 3.63) is 46.0 Å². The van der Waals surface area contributed by atoms with Gasteiger partial charge in [0.2, 0.25) is 0 Å². The third kappa shape index (κ3) is 6.15. The number of hydrogen-bond acceptors (Lipinski definition) is 5. The molecule has 6 rings (SSSR count). The van der Waals surface area contributed by atoms with Gasteiger partial charge in [-0.2, -0.15) is 0 Å². The van der Waals surface area contributed by atoms with Crippen LogP contribution in [0, 0.1) is 56.2 Å². The van der Waals surface area contributed by atoms with Gasteiger partial charge in [-0.1, -0.05) is 83.8 Å². The van der Waals surface area contributed by atoms with Crippen LogP contribution in [0.25, 0.3) is 0 Å². The molecule has 7 heteroatoms. The number of hydrogen-bond donors (Lipinski definition) is 2. The van der Waals surface area contributed by atoms with Crippen molar-refractivity contribution in [2.24, 2.45) is 56.2 Å². The number of nitrogens with one attached hydrogen (secondary N) is 1. The first-order valence-electron chi connectivity index (χ1n) is 19.9. The van der Waals surface area contributed by atoms with Crippen LogP contribution in [0.15, 0.2) is 35.4 Å². The number of carbonyl (C=O) groups is 3. The van der Waals surface area contributed by atoms with Crippen LogP contribution in [0.3, 0.4) is 0 Å². The molecule has 5 aliphatic carbocycles. The number of carboxylic acid groups (broad SMARTS) is 1. The minimum Gasteiger partial charge on any atom is -0.481 e. The van der Waals surface area contributed by atoms with E-state index in [9.17, 15) is 19.5 Å². The molecule has 0 bridgehead atoms. The van der Waals surface area contributed by atoms with Crippen LogP contribution in [0.1, 0.15) is 139 Å². The molecule has 51 heavy (non-hydrogen) atoms. The summed E-state index contributed by atoms with van der Waals surface area (Å²) in [6.07, 6.45) is 9.91. The Morgan fingerprint density at radius 3 is 2.33 bits per heavy atom. The lowest BCUT2D eigenvalue weighted by Crippen LogP contribution is -2.65. The molecule has 5 aliphatic rings. The van der Waals surface area contributed by atoms with Crippen molar-refractivity contribution in [3.8, 4) is 0 Å². The average molecular weight is 722 g/mol. The second-order valence-corrected chi connectivity index (χ2v) is 20.1. The molecule has 1 aromatic rings. The van der Waals surface area contributed by atoms with E-state index >= 15 is 0 Å². The summed E-state index contributed by atoms with van der Waals surface area (Å²) in [4.78, 5) is 38.8. The van der Waals surface area contributed by atoms with Crippen molar-refractivity contribution in [3.63, 3.8) is 0 Å². The lowest BCUT2D eigenvalue weighted by molar-refractivity contribution is -0.233. The number of fused-ring (bicyclic) bond motifs is 7. The number of esters is 1. The van der Waals surface area contributed by atoms with Crippen molar-refractivity contribution < 1.29 is 24.2 Å². The number of aliphatic carboxylic acids is 1. The Labute approximate surface area is 312 Å². The molecule has 2 unspecified atom stereocenters. The Kier molecular flexibility index (Phi) is 10.0. The SMILES string of the molecule is CC(C)C1=C2[C@H]3CCC4[C@@]5(C)CC[C@H](OC(=O)CC(C)(C)C(=O)O)C(C)(C)C5CC[C@@]4(C)[C@]3(C)CC[C@@]2(CCNCc2ccccc2Cl)CC1=O. The van der Waals surface area contributed by atoms with E-state index in [4.69, 9.17) is 16.3 Å². The zero-order valence-corrected chi connectivity index (χ0v) is 33.6. The van der Waals surface area contributed by atoms with Gasteiger partial charge in [-0.3, -0.25) is 14.4 Å². The predicted molar refractivity (Wildman–Crippen MR) is 203 cm³/mol. The van der Waals surface area contributed by atoms with Crippen molar-refractivity contribution in [1.82, 2.24) is 5.32 Å². The number of Topliss-reactive ketones (excluding diaryl/α,β-unsaturated/α-hetero) is 1. The molecule has 4 fully saturated rings. The highest BCUT2D eigenvalue weighted by atomic mass is 35.5. The highest BCUT2D eigenvalue weighted by molar-refractivity contribution is 6.31. The van der Waals surface area contributed by atoms with E-state index in [-0.39, 0.29) is 45.5 Å². The minimum absolute atomic E-state index is 0.0578. The highest BCUT2D eigenvalue weighted by Crippen LogP contribution is 2.77. The van der Waals surface area contributed by atoms with Crippen LogP contribution >= 0.6 is 11.6 Å². The maximum Gasteiger partial charge on any atom is 0.309 e. The van der Waals surface area contributed by atoms with E-state index in [2.05, 4.69) is 59.8 Å². The number of halogens is 1. The van der Waals surface area contributed by atoms with Gasteiger partial charge in [-0.15, -0.1) is 0 Å². The molecule has 6 nitrogen and oxygen atoms in total. The molecule has 8 atom stereocenters. The number of ether oxygens (including phenoxy) is 1. The summed E-state index contributed by atoms with van der Waals surface area (Å²) >= 11 is 6.47. The molecule has 0 spiro atoms. The zero-order chi connectivity index (χ0) is 37.4. The number of benzene rings is 1. The summed E-state index contributed by atoms with van der Waals surface area (Å²) in [5.74, 6) is 0.621. The third-order valence-corrected chi connectivity index (χ3v) is 16.4. The Morgan fingerprint density at radius 2 is 1.67 bits per heavy atom. The van der Waals surface area contributed by atoms with E-state index in [0.29, 0.717) is 30.0 Å². The van der Waals surface area contributed by atoms with Gasteiger partial charge in [-0.05, 0) is 135 Å². The van der Waals surface area contributed by atoms with E-state index in [0.717, 1.165) is 80.6 Å². The second-order valence-electron chi connectivity index (χ2n) is 19.7. The first-order valence-corrected chi connectivity index (χ1v) is 20.3. The van der Waals surface area contributed by atoms with Crippen LogP contribution in [-0.2, 0) is 25.7 Å². The lowest BCUT2D eigenvalue weighted by atomic mass is 9.33. The third-order valence-electron chi connectivity index (χ3n) is 16.0. The Balaban J connectivity index is 1.24. The van der Waals surface area contributed by atoms with Gasteiger partial charge in [0.05, 0.1) is 11.8 Å². The number of rotatable bonds is 10. The predicted octanol–water partition coefficient (Wildman–Crippen LogP) is 10.2. The first-order chi connectivity index (χ1) is 23.7. The van der Waals surface area contributed by atoms with Crippen LogP contribution in [0.2, 0.25) is 5.02 Å². The fourth-order valence-corrected chi connectivity index (χ4v) is 13.3. The molecule has 0 heterocycles. The Bertz CT molecular complexity index is 1590. The lowest BCUT2D eigenvalue weighted by Gasteiger charge is -2.72. The number of carboxylic acids is 1. The van der Waals surface area contributed by atoms with Gasteiger partial charge in [0.15, 0.2) is 5.78 Å². The van der Waals surface area contributed by atoms with Gasteiger partial charge >= 0.3 is 11.9 Å². The largest absolute Gasteiger partial charge is 0.481 e. The number of carbonyl (C=O) groups excluding carboxylic acids is 2. The van der Waals surface area contributed by atoms with Gasteiger partial charge in [-0.25, -0.2) is 0 Å². The topological polar surface area (TPSA) is 92.7 Å². The quantitative estimate of drug-likeness (QED) is 0.185. The molecular weight excluding hydrogens is 658 g/mol. The summed E-state index contributed by atoms with van der Waals surface area (Å²) in [7, 11) is 0. The fourth-order valence-electron chi connectivity index (χ4n) is 13.1. The molecule has 0 aromatic heterocycles. The maximum atomic E-state index is 14.0. The Morgan fingerprint density at radius 1 is 0.961 bits per heavy atom. The molecule has 0 aliphatic heterocycles. The second kappa shape index (κ2) is 13.3. The normalized spacial score (nSPS) is 37.4. The van der Waals surface area contributed by atoms with Crippen molar-refractivity contribution >= 4 is 29.3 Å². The van der Waals surface area contributed by atoms with Crippen LogP contribution in [-0.4, -0.2) is 35.5 Å². The van der Waals surface area contributed by atoms with Crippen LogP contribution < -0.4 is 5.32 Å². The van der Waals surface area contributed by atoms with Gasteiger partial charge in [0.1, 0.15) is 6.10 Å². The molecule has 4 saturated carbocycles. The molecule has 2 N–H and O–H groups in total. The molecule has 0 radical (unpaired) electrons. The van der Waals surface area contributed by atoms with Crippen LogP contribution in [0.5, 0.6) is 0 Å². The van der Waals surface area contributed by atoms with Gasteiger partial charge in [0.25, 0.3) is 0 Å². The molecule has 282 valence electrons. The van der Waals surface area contributed by atoms with Crippen molar-refractivity contribution in [2.75, 3.05) is 6.54 Å². The zero-order valence-electron chi connectivity index (χ0n) is 32.8. The van der Waals surface area contributed by atoms with E-state index < -0.39 is 17.4 Å². The summed E-state index contributed by atoms with van der Waals surface area (Å²) in [6, 6.07) is 8.03. The maximum absolute atomic E-state index is 14.0. The summed E-state index contributed by atoms with van der Waals surface area (Å²) in [5, 5.41) is 14.1. The minimum atomic E-state index is -1.15. The number of ketones is 1. The van der Waals surface area contributed by atoms with Gasteiger partial charge in [0, 0.05) is 28.8 Å². The van der Waals surface area contributed by atoms with Gasteiger partial charge < -0.3 is 15.2 Å². The van der Waals surface area contributed by atoms with E-state index in [1.807, 2.05) is 18.2 Å². The summed E-state index contributed by atoms with van der Waals surface area (Å²) in [6.45, 7) is 21.6. The van der Waals surface area contributed by atoms with Crippen molar-refractivity contribution in [1.29, 1.82) is 0 Å². The first kappa shape index (κ1) is 38.5. The molecule has 1 aromatic carbocycles. The Hall–Kier alpha value is -2.18. The average Bonchev–Trinajstić information content (AvgIpc) is 3.33. The van der Waals surface area contributed by atoms with Crippen molar-refractivity contribution in [2.45, 2.75) is 146 Å². The van der Waals surface area contributed by atoms with E-state index in [1.54, 1.807) is 13.8 Å². The highest BCUT2D eigenvalue weighted by Gasteiger charge is 2.70. The molecule has 0 amide bonds. The fraction of sp³-hybridized carbons (Fsp3) is 0.750.